The molecule has 120 valence electrons. The van der Waals surface area contributed by atoms with Crippen LogP contribution in [0.5, 0.6) is 5.75 Å². The first-order chi connectivity index (χ1) is 11.6. The molecule has 0 radical (unpaired) electrons. The van der Waals surface area contributed by atoms with Crippen molar-refractivity contribution >= 4 is 28.3 Å². The molecule has 0 saturated carbocycles. The van der Waals surface area contributed by atoms with E-state index in [9.17, 15) is 4.79 Å². The van der Waals surface area contributed by atoms with Crippen LogP contribution < -0.4 is 10.4 Å². The molecule has 24 heavy (non-hydrogen) atoms. The van der Waals surface area contributed by atoms with Gasteiger partial charge in [-0.25, -0.2) is 4.79 Å². The first kappa shape index (κ1) is 15.1. The Morgan fingerprint density at radius 1 is 1.04 bits per heavy atom. The minimum Gasteiger partial charge on any atom is -0.487 e. The highest BCUT2D eigenvalue weighted by molar-refractivity contribution is 8.02. The van der Waals surface area contributed by atoms with Crippen molar-refractivity contribution in [3.8, 4) is 5.75 Å². The zero-order valence-electron chi connectivity index (χ0n) is 13.5. The normalized spacial score (nSPS) is 14.8. The first-order valence-corrected chi connectivity index (χ1v) is 8.64. The highest BCUT2D eigenvalue weighted by atomic mass is 32.2. The SMILES string of the molecule is Cc1ccc(C)c2c3c(c(=O)oc12)/C(=C/Sc1ccccc1)CO3. The fourth-order valence-electron chi connectivity index (χ4n) is 2.93. The van der Waals surface area contributed by atoms with Crippen LogP contribution in [0.1, 0.15) is 16.7 Å². The molecule has 1 aromatic heterocycles. The molecule has 1 aliphatic heterocycles. The Bertz CT molecular complexity index is 1020. The van der Waals surface area contributed by atoms with Gasteiger partial charge in [-0.05, 0) is 42.5 Å². The van der Waals surface area contributed by atoms with E-state index >= 15 is 0 Å². The molecule has 2 aromatic carbocycles. The second kappa shape index (κ2) is 5.87. The molecule has 0 aliphatic carbocycles. The van der Waals surface area contributed by atoms with Crippen molar-refractivity contribution < 1.29 is 9.15 Å². The third-order valence-electron chi connectivity index (χ3n) is 4.19. The molecular weight excluding hydrogens is 320 g/mol. The van der Waals surface area contributed by atoms with Gasteiger partial charge in [0.1, 0.15) is 23.5 Å². The van der Waals surface area contributed by atoms with Crippen molar-refractivity contribution in [2.45, 2.75) is 18.7 Å². The van der Waals surface area contributed by atoms with Gasteiger partial charge in [-0.3, -0.25) is 0 Å². The van der Waals surface area contributed by atoms with E-state index in [4.69, 9.17) is 9.15 Å². The Morgan fingerprint density at radius 2 is 1.79 bits per heavy atom. The summed E-state index contributed by atoms with van der Waals surface area (Å²) in [5.74, 6) is 0.655. The number of fused-ring (bicyclic) bond motifs is 3. The van der Waals surface area contributed by atoms with E-state index in [1.54, 1.807) is 11.8 Å². The maximum absolute atomic E-state index is 12.5. The Hall–Kier alpha value is -2.46. The summed E-state index contributed by atoms with van der Waals surface area (Å²) in [5.41, 5.74) is 3.71. The maximum atomic E-state index is 12.5. The van der Waals surface area contributed by atoms with E-state index in [-0.39, 0.29) is 5.63 Å². The van der Waals surface area contributed by atoms with E-state index < -0.39 is 0 Å². The van der Waals surface area contributed by atoms with Crippen LogP contribution >= 0.6 is 11.8 Å². The fourth-order valence-corrected chi connectivity index (χ4v) is 3.71. The van der Waals surface area contributed by atoms with Crippen LogP contribution in [-0.2, 0) is 0 Å². The molecule has 0 spiro atoms. The van der Waals surface area contributed by atoms with Gasteiger partial charge in [0, 0.05) is 10.5 Å². The number of thioether (sulfide) groups is 1. The molecule has 0 atom stereocenters. The first-order valence-electron chi connectivity index (χ1n) is 7.76. The highest BCUT2D eigenvalue weighted by Crippen LogP contribution is 2.40. The van der Waals surface area contributed by atoms with Crippen LogP contribution in [0.3, 0.4) is 0 Å². The third-order valence-corrected chi connectivity index (χ3v) is 5.14. The number of hydrogen-bond acceptors (Lipinski definition) is 4. The van der Waals surface area contributed by atoms with Gasteiger partial charge in [-0.1, -0.05) is 42.1 Å². The molecule has 0 fully saturated rings. The lowest BCUT2D eigenvalue weighted by atomic mass is 10.0. The van der Waals surface area contributed by atoms with Gasteiger partial charge in [-0.2, -0.15) is 0 Å². The van der Waals surface area contributed by atoms with Gasteiger partial charge < -0.3 is 9.15 Å². The second-order valence-corrected chi connectivity index (χ2v) is 6.80. The predicted octanol–water partition coefficient (Wildman–Crippen LogP) is 4.94. The zero-order valence-corrected chi connectivity index (χ0v) is 14.3. The molecule has 0 unspecified atom stereocenters. The molecule has 0 amide bonds. The van der Waals surface area contributed by atoms with E-state index in [1.807, 2.05) is 61.7 Å². The molecule has 4 heteroatoms. The smallest absolute Gasteiger partial charge is 0.347 e. The Labute approximate surface area is 144 Å². The summed E-state index contributed by atoms with van der Waals surface area (Å²) in [4.78, 5) is 13.6. The molecule has 3 aromatic rings. The van der Waals surface area contributed by atoms with E-state index in [0.29, 0.717) is 23.5 Å². The quantitative estimate of drug-likeness (QED) is 0.491. The minimum atomic E-state index is -0.330. The van der Waals surface area contributed by atoms with Crippen LogP contribution in [0, 0.1) is 13.8 Å². The average molecular weight is 336 g/mol. The second-order valence-electron chi connectivity index (χ2n) is 5.86. The number of rotatable bonds is 2. The maximum Gasteiger partial charge on any atom is 0.347 e. The number of hydrogen-bond donors (Lipinski definition) is 0. The molecule has 1 aliphatic rings. The lowest BCUT2D eigenvalue weighted by Gasteiger charge is -2.08. The van der Waals surface area contributed by atoms with Crippen molar-refractivity contribution in [2.24, 2.45) is 0 Å². The summed E-state index contributed by atoms with van der Waals surface area (Å²) in [7, 11) is 0. The van der Waals surface area contributed by atoms with Crippen molar-refractivity contribution in [2.75, 3.05) is 6.61 Å². The minimum absolute atomic E-state index is 0.330. The molecule has 0 N–H and O–H groups in total. The Kier molecular flexibility index (Phi) is 3.69. The summed E-state index contributed by atoms with van der Waals surface area (Å²) < 4.78 is 11.5. The summed E-state index contributed by atoms with van der Waals surface area (Å²) in [6, 6.07) is 14.0. The predicted molar refractivity (Wildman–Crippen MR) is 97.7 cm³/mol. The molecule has 0 saturated heterocycles. The van der Waals surface area contributed by atoms with Gasteiger partial charge in [0.05, 0.1) is 5.39 Å². The molecular formula is C20H16O3S. The average Bonchev–Trinajstić information content (AvgIpc) is 3.02. The van der Waals surface area contributed by atoms with Crippen LogP contribution in [-0.4, -0.2) is 6.61 Å². The molecule has 3 nitrogen and oxygen atoms in total. The summed E-state index contributed by atoms with van der Waals surface area (Å²) >= 11 is 1.58. The van der Waals surface area contributed by atoms with Crippen LogP contribution in [0.2, 0.25) is 0 Å². The van der Waals surface area contributed by atoms with Crippen LogP contribution in [0.4, 0.5) is 0 Å². The monoisotopic (exact) mass is 336 g/mol. The van der Waals surface area contributed by atoms with Crippen molar-refractivity contribution in [1.29, 1.82) is 0 Å². The van der Waals surface area contributed by atoms with E-state index in [1.165, 1.54) is 0 Å². The van der Waals surface area contributed by atoms with Gasteiger partial charge >= 0.3 is 5.63 Å². The van der Waals surface area contributed by atoms with Crippen molar-refractivity contribution in [3.63, 3.8) is 0 Å². The fraction of sp³-hybridized carbons (Fsp3) is 0.150. The largest absolute Gasteiger partial charge is 0.487 e. The Balaban J connectivity index is 1.85. The lowest BCUT2D eigenvalue weighted by molar-refractivity contribution is 0.390. The van der Waals surface area contributed by atoms with E-state index in [0.717, 1.165) is 27.0 Å². The van der Waals surface area contributed by atoms with Crippen molar-refractivity contribution in [1.82, 2.24) is 0 Å². The number of aryl methyl sites for hydroxylation is 2. The molecule has 0 bridgehead atoms. The number of benzene rings is 2. The van der Waals surface area contributed by atoms with Gasteiger partial charge in [0.15, 0.2) is 0 Å². The topological polar surface area (TPSA) is 39.4 Å². The summed E-state index contributed by atoms with van der Waals surface area (Å²) in [6.45, 7) is 4.34. The molecule has 2 heterocycles. The Morgan fingerprint density at radius 3 is 2.58 bits per heavy atom. The number of ether oxygens (including phenoxy) is 1. The van der Waals surface area contributed by atoms with Crippen LogP contribution in [0.15, 0.2) is 62.0 Å². The summed E-state index contributed by atoms with van der Waals surface area (Å²) in [5, 5.41) is 2.88. The van der Waals surface area contributed by atoms with Crippen molar-refractivity contribution in [3.05, 3.63) is 75.0 Å². The van der Waals surface area contributed by atoms with E-state index in [2.05, 4.69) is 0 Å². The molecule has 4 rings (SSSR count). The van der Waals surface area contributed by atoms with Gasteiger partial charge in [0.2, 0.25) is 0 Å². The van der Waals surface area contributed by atoms with Gasteiger partial charge in [0.25, 0.3) is 0 Å². The van der Waals surface area contributed by atoms with Gasteiger partial charge in [-0.15, -0.1) is 0 Å². The highest BCUT2D eigenvalue weighted by Gasteiger charge is 2.27. The van der Waals surface area contributed by atoms with Crippen LogP contribution in [0.25, 0.3) is 16.5 Å². The summed E-state index contributed by atoms with van der Waals surface area (Å²) in [6.07, 6.45) is 0. The lowest BCUT2D eigenvalue weighted by Crippen LogP contribution is -2.05. The third kappa shape index (κ3) is 2.43. The standard InChI is InChI=1S/C20H16O3S/c1-12-8-9-13(2)18-16(12)19-17(20(21)23-18)14(10-22-19)11-24-15-6-4-3-5-7-15/h3-9,11H,10H2,1-2H3/b14-11+. The zero-order chi connectivity index (χ0) is 16.7.